The highest BCUT2D eigenvalue weighted by atomic mass is 19.3. The van der Waals surface area contributed by atoms with Crippen molar-refractivity contribution in [2.24, 2.45) is 5.84 Å². The summed E-state index contributed by atoms with van der Waals surface area (Å²) in [5.74, 6) is 5.44. The molecule has 1 aromatic carbocycles. The molecule has 0 atom stereocenters. The summed E-state index contributed by atoms with van der Waals surface area (Å²) in [6.07, 6.45) is -2.53. The van der Waals surface area contributed by atoms with Crippen LogP contribution in [0, 0.1) is 0 Å². The summed E-state index contributed by atoms with van der Waals surface area (Å²) >= 11 is 0. The number of benzene rings is 1. The first-order valence-corrected chi connectivity index (χ1v) is 3.61. The van der Waals surface area contributed by atoms with Crippen LogP contribution >= 0.6 is 0 Å². The zero-order valence-corrected chi connectivity index (χ0v) is 7.05. The van der Waals surface area contributed by atoms with E-state index in [-0.39, 0.29) is 5.56 Å². The molecule has 0 bridgehead atoms. The Morgan fingerprint density at radius 2 is 2.08 bits per heavy atom. The third-order valence-electron chi connectivity index (χ3n) is 1.58. The second kappa shape index (κ2) is 4.04. The van der Waals surface area contributed by atoms with E-state index in [2.05, 4.69) is 5.43 Å². The Balaban J connectivity index is 3.07. The topological polar surface area (TPSA) is 47.3 Å². The minimum absolute atomic E-state index is 0.118. The number of nitrogens with two attached hydrogens (primary N) is 1. The molecule has 0 aliphatic rings. The van der Waals surface area contributed by atoms with Crippen LogP contribution in [0.15, 0.2) is 18.2 Å². The molecule has 0 aliphatic heterocycles. The van der Waals surface area contributed by atoms with Crippen molar-refractivity contribution in [3.63, 3.8) is 0 Å². The fourth-order valence-electron chi connectivity index (χ4n) is 0.949. The number of anilines is 1. The Bertz CT molecular complexity index is 269. The lowest BCUT2D eigenvalue weighted by Crippen LogP contribution is -2.07. The third kappa shape index (κ3) is 2.29. The van der Waals surface area contributed by atoms with Crippen molar-refractivity contribution < 1.29 is 13.5 Å². The summed E-state index contributed by atoms with van der Waals surface area (Å²) in [6.45, 7) is 0. The largest absolute Gasteiger partial charge is 0.497 e. The van der Waals surface area contributed by atoms with Crippen LogP contribution in [0.2, 0.25) is 0 Å². The summed E-state index contributed by atoms with van der Waals surface area (Å²) in [6, 6.07) is 4.07. The molecule has 0 saturated carbocycles. The van der Waals surface area contributed by atoms with E-state index in [0.29, 0.717) is 11.4 Å². The minimum atomic E-state index is -2.53. The molecular formula is C8H10F2N2O. The van der Waals surface area contributed by atoms with Crippen molar-refractivity contribution in [3.05, 3.63) is 23.8 Å². The van der Waals surface area contributed by atoms with E-state index >= 15 is 0 Å². The van der Waals surface area contributed by atoms with Crippen molar-refractivity contribution in [1.29, 1.82) is 0 Å². The van der Waals surface area contributed by atoms with Crippen LogP contribution in [0.25, 0.3) is 0 Å². The SMILES string of the molecule is COc1cc(NN)cc(C(F)F)c1. The fourth-order valence-corrected chi connectivity index (χ4v) is 0.949. The molecular weight excluding hydrogens is 178 g/mol. The van der Waals surface area contributed by atoms with E-state index in [0.717, 1.165) is 0 Å². The predicted molar refractivity (Wildman–Crippen MR) is 45.8 cm³/mol. The van der Waals surface area contributed by atoms with Crippen molar-refractivity contribution in [2.45, 2.75) is 6.43 Å². The molecule has 13 heavy (non-hydrogen) atoms. The van der Waals surface area contributed by atoms with Gasteiger partial charge in [-0.1, -0.05) is 0 Å². The lowest BCUT2D eigenvalue weighted by molar-refractivity contribution is 0.151. The molecule has 0 radical (unpaired) electrons. The number of ether oxygens (including phenoxy) is 1. The number of halogens is 2. The van der Waals surface area contributed by atoms with Gasteiger partial charge in [0.15, 0.2) is 0 Å². The Kier molecular flexibility index (Phi) is 3.02. The molecule has 5 heteroatoms. The highest BCUT2D eigenvalue weighted by Crippen LogP contribution is 2.27. The Morgan fingerprint density at radius 3 is 2.54 bits per heavy atom. The van der Waals surface area contributed by atoms with Crippen LogP contribution in [0.3, 0.4) is 0 Å². The van der Waals surface area contributed by atoms with E-state index in [1.807, 2.05) is 0 Å². The first-order valence-electron chi connectivity index (χ1n) is 3.61. The second-order valence-electron chi connectivity index (χ2n) is 2.44. The van der Waals surface area contributed by atoms with Crippen LogP contribution in [0.1, 0.15) is 12.0 Å². The number of hydrogen-bond donors (Lipinski definition) is 2. The first-order chi connectivity index (χ1) is 6.17. The Hall–Kier alpha value is -1.36. The summed E-state index contributed by atoms with van der Waals surface area (Å²) in [5.41, 5.74) is 2.56. The molecule has 0 fully saturated rings. The van der Waals surface area contributed by atoms with Gasteiger partial charge in [0.05, 0.1) is 12.8 Å². The van der Waals surface area contributed by atoms with Gasteiger partial charge in [-0.05, 0) is 12.1 Å². The molecule has 0 heterocycles. The van der Waals surface area contributed by atoms with Gasteiger partial charge in [0, 0.05) is 11.6 Å². The number of nitrogen functional groups attached to an aromatic ring is 1. The second-order valence-corrected chi connectivity index (χ2v) is 2.44. The van der Waals surface area contributed by atoms with Gasteiger partial charge >= 0.3 is 0 Å². The molecule has 3 N–H and O–H groups in total. The molecule has 1 aromatic rings. The standard InChI is InChI=1S/C8H10F2N2O/c1-13-7-3-5(8(9)10)2-6(4-7)12-11/h2-4,8,12H,11H2,1H3. The third-order valence-corrected chi connectivity index (χ3v) is 1.58. The van der Waals surface area contributed by atoms with Crippen LogP contribution < -0.4 is 16.0 Å². The van der Waals surface area contributed by atoms with E-state index in [9.17, 15) is 8.78 Å². The molecule has 0 aliphatic carbocycles. The first kappa shape index (κ1) is 9.73. The molecule has 0 aromatic heterocycles. The van der Waals surface area contributed by atoms with Gasteiger partial charge in [-0.3, -0.25) is 5.84 Å². The number of alkyl halides is 2. The van der Waals surface area contributed by atoms with Gasteiger partial charge in [-0.2, -0.15) is 0 Å². The van der Waals surface area contributed by atoms with Crippen LogP contribution in [-0.2, 0) is 0 Å². The van der Waals surface area contributed by atoms with E-state index < -0.39 is 6.43 Å². The van der Waals surface area contributed by atoms with Gasteiger partial charge in [0.2, 0.25) is 0 Å². The lowest BCUT2D eigenvalue weighted by atomic mass is 10.2. The maximum Gasteiger partial charge on any atom is 0.264 e. The maximum absolute atomic E-state index is 12.3. The summed E-state index contributed by atoms with van der Waals surface area (Å²) in [5, 5.41) is 0. The van der Waals surface area contributed by atoms with Gasteiger partial charge < -0.3 is 10.2 Å². The monoisotopic (exact) mass is 188 g/mol. The minimum Gasteiger partial charge on any atom is -0.497 e. The summed E-state index contributed by atoms with van der Waals surface area (Å²) in [4.78, 5) is 0. The van der Waals surface area contributed by atoms with Gasteiger partial charge in [0.1, 0.15) is 5.75 Å². The quantitative estimate of drug-likeness (QED) is 0.562. The van der Waals surface area contributed by atoms with Crippen molar-refractivity contribution in [2.75, 3.05) is 12.5 Å². The van der Waals surface area contributed by atoms with Crippen LogP contribution in [0.5, 0.6) is 5.75 Å². The lowest BCUT2D eigenvalue weighted by Gasteiger charge is -2.07. The normalized spacial score (nSPS) is 10.2. The Labute approximate surface area is 74.5 Å². The van der Waals surface area contributed by atoms with Gasteiger partial charge in [0.25, 0.3) is 6.43 Å². The molecule has 3 nitrogen and oxygen atoms in total. The number of methoxy groups -OCH3 is 1. The van der Waals surface area contributed by atoms with Crippen molar-refractivity contribution >= 4 is 5.69 Å². The fraction of sp³-hybridized carbons (Fsp3) is 0.250. The van der Waals surface area contributed by atoms with Crippen LogP contribution in [-0.4, -0.2) is 7.11 Å². The van der Waals surface area contributed by atoms with E-state index in [4.69, 9.17) is 10.6 Å². The number of hydrogen-bond acceptors (Lipinski definition) is 3. The molecule has 0 amide bonds. The van der Waals surface area contributed by atoms with Crippen molar-refractivity contribution in [1.82, 2.24) is 0 Å². The average molecular weight is 188 g/mol. The molecule has 0 unspecified atom stereocenters. The molecule has 1 rings (SSSR count). The van der Waals surface area contributed by atoms with Crippen molar-refractivity contribution in [3.8, 4) is 5.75 Å². The average Bonchev–Trinajstić information content (AvgIpc) is 2.16. The number of nitrogens with one attached hydrogen (secondary N) is 1. The summed E-state index contributed by atoms with van der Waals surface area (Å²) in [7, 11) is 1.41. The Morgan fingerprint density at radius 1 is 1.38 bits per heavy atom. The highest BCUT2D eigenvalue weighted by Gasteiger charge is 2.09. The molecule has 72 valence electrons. The predicted octanol–water partition coefficient (Wildman–Crippen LogP) is 1.92. The number of hydrazine groups is 1. The highest BCUT2D eigenvalue weighted by molar-refractivity contribution is 5.50. The maximum atomic E-state index is 12.3. The van der Waals surface area contributed by atoms with E-state index in [1.54, 1.807) is 0 Å². The molecule has 0 spiro atoms. The zero-order chi connectivity index (χ0) is 9.84. The van der Waals surface area contributed by atoms with Gasteiger partial charge in [-0.25, -0.2) is 8.78 Å². The smallest absolute Gasteiger partial charge is 0.264 e. The zero-order valence-electron chi connectivity index (χ0n) is 7.05. The van der Waals surface area contributed by atoms with Gasteiger partial charge in [-0.15, -0.1) is 0 Å². The van der Waals surface area contributed by atoms with Crippen LogP contribution in [0.4, 0.5) is 14.5 Å². The summed E-state index contributed by atoms with van der Waals surface area (Å²) < 4.78 is 29.4. The van der Waals surface area contributed by atoms with E-state index in [1.165, 1.54) is 25.3 Å². The number of rotatable bonds is 3. The molecule has 0 saturated heterocycles.